The average Bonchev–Trinajstić information content (AvgIpc) is 3.03. The van der Waals surface area contributed by atoms with Gasteiger partial charge in [-0.05, 0) is 30.9 Å². The number of rotatable bonds is 4. The van der Waals surface area contributed by atoms with Gasteiger partial charge in [0.25, 0.3) is 15.9 Å². The number of carbonyl (C=O) groups is 1. The van der Waals surface area contributed by atoms with Crippen LogP contribution in [-0.2, 0) is 14.8 Å². The zero-order chi connectivity index (χ0) is 18.0. The number of piperazine rings is 1. The Labute approximate surface area is 158 Å². The Morgan fingerprint density at radius 3 is 2.44 bits per heavy atom. The molecule has 25 heavy (non-hydrogen) atoms. The molecule has 1 aromatic heterocycles. The lowest BCUT2D eigenvalue weighted by Crippen LogP contribution is -3.15. The molecule has 140 valence electrons. The van der Waals surface area contributed by atoms with Gasteiger partial charge in [0.15, 0.2) is 6.54 Å². The van der Waals surface area contributed by atoms with Gasteiger partial charge in [-0.15, -0.1) is 11.3 Å². The molecule has 9 heteroatoms. The molecule has 2 aliphatic heterocycles. The van der Waals surface area contributed by atoms with Gasteiger partial charge in [-0.1, -0.05) is 18.5 Å². The molecule has 0 unspecified atom stereocenters. The molecule has 2 fully saturated rings. The SMILES string of the molecule is CC1CCN(C(=O)C[NH+]2CCN(S(=O)(=O)c3ccc(Cl)s3)CC2)CC1. The number of halogens is 1. The summed E-state index contributed by atoms with van der Waals surface area (Å²) in [5.74, 6) is 0.902. The van der Waals surface area contributed by atoms with Crippen molar-refractivity contribution < 1.29 is 18.1 Å². The van der Waals surface area contributed by atoms with Gasteiger partial charge in [0.1, 0.15) is 4.21 Å². The van der Waals surface area contributed by atoms with Crippen molar-refractivity contribution in [2.75, 3.05) is 45.8 Å². The Kier molecular flexibility index (Phi) is 6.05. The Balaban J connectivity index is 1.51. The maximum Gasteiger partial charge on any atom is 0.277 e. The van der Waals surface area contributed by atoms with E-state index in [1.165, 1.54) is 9.21 Å². The van der Waals surface area contributed by atoms with Crippen LogP contribution in [0.2, 0.25) is 4.34 Å². The van der Waals surface area contributed by atoms with Crippen molar-refractivity contribution in [1.82, 2.24) is 9.21 Å². The second kappa shape index (κ2) is 7.92. The first kappa shape index (κ1) is 19.1. The molecule has 1 amide bonds. The highest BCUT2D eigenvalue weighted by atomic mass is 35.5. The van der Waals surface area contributed by atoms with Gasteiger partial charge in [-0.2, -0.15) is 4.31 Å². The number of thiophene rings is 1. The minimum absolute atomic E-state index is 0.197. The van der Waals surface area contributed by atoms with E-state index in [9.17, 15) is 13.2 Å². The van der Waals surface area contributed by atoms with Crippen molar-refractivity contribution in [2.45, 2.75) is 24.0 Å². The van der Waals surface area contributed by atoms with Crippen LogP contribution < -0.4 is 4.90 Å². The molecule has 0 saturated carbocycles. The Morgan fingerprint density at radius 2 is 1.88 bits per heavy atom. The number of nitrogens with zero attached hydrogens (tertiary/aromatic N) is 2. The molecular weight excluding hydrogens is 382 g/mol. The molecule has 2 saturated heterocycles. The predicted octanol–water partition coefficient (Wildman–Crippen LogP) is 0.549. The number of amides is 1. The van der Waals surface area contributed by atoms with E-state index in [2.05, 4.69) is 6.92 Å². The lowest BCUT2D eigenvalue weighted by Gasteiger charge is -2.34. The summed E-state index contributed by atoms with van der Waals surface area (Å²) in [5.41, 5.74) is 0. The van der Waals surface area contributed by atoms with Gasteiger partial charge >= 0.3 is 0 Å². The highest BCUT2D eigenvalue weighted by molar-refractivity contribution is 7.91. The third kappa shape index (κ3) is 4.54. The fraction of sp³-hybridized carbons (Fsp3) is 0.688. The van der Waals surface area contributed by atoms with Gasteiger partial charge in [-0.25, -0.2) is 8.42 Å². The van der Waals surface area contributed by atoms with Gasteiger partial charge in [0.05, 0.1) is 30.5 Å². The number of carbonyl (C=O) groups excluding carboxylic acids is 1. The van der Waals surface area contributed by atoms with Crippen molar-refractivity contribution in [2.24, 2.45) is 5.92 Å². The second-order valence-corrected chi connectivity index (χ2v) is 10.8. The normalized spacial score (nSPS) is 21.6. The van der Waals surface area contributed by atoms with Crippen LogP contribution in [0.3, 0.4) is 0 Å². The van der Waals surface area contributed by atoms with Crippen LogP contribution in [0.4, 0.5) is 0 Å². The van der Waals surface area contributed by atoms with Gasteiger partial charge in [0.2, 0.25) is 0 Å². The number of likely N-dealkylation sites (tertiary alicyclic amines) is 1. The summed E-state index contributed by atoms with van der Waals surface area (Å²) in [5, 5.41) is 0. The summed E-state index contributed by atoms with van der Waals surface area (Å²) < 4.78 is 27.5. The molecule has 0 spiro atoms. The molecule has 3 heterocycles. The number of sulfonamides is 1. The summed E-state index contributed by atoms with van der Waals surface area (Å²) in [7, 11) is -3.46. The number of hydrogen-bond donors (Lipinski definition) is 1. The minimum Gasteiger partial charge on any atom is -0.338 e. The van der Waals surface area contributed by atoms with Crippen LogP contribution >= 0.6 is 22.9 Å². The summed E-state index contributed by atoms with van der Waals surface area (Å²) in [6.45, 7) is 6.61. The number of nitrogens with one attached hydrogen (secondary N) is 1. The summed E-state index contributed by atoms with van der Waals surface area (Å²) >= 11 is 6.94. The van der Waals surface area contributed by atoms with Crippen LogP contribution in [0.1, 0.15) is 19.8 Å². The van der Waals surface area contributed by atoms with Crippen molar-refractivity contribution >= 4 is 38.9 Å². The number of hydrogen-bond acceptors (Lipinski definition) is 4. The molecule has 6 nitrogen and oxygen atoms in total. The van der Waals surface area contributed by atoms with Gasteiger partial charge in [-0.3, -0.25) is 4.79 Å². The first-order valence-electron chi connectivity index (χ1n) is 8.73. The first-order chi connectivity index (χ1) is 11.9. The second-order valence-electron chi connectivity index (χ2n) is 6.95. The van der Waals surface area contributed by atoms with E-state index < -0.39 is 10.0 Å². The lowest BCUT2D eigenvalue weighted by atomic mass is 9.99. The van der Waals surface area contributed by atoms with Crippen molar-refractivity contribution in [1.29, 1.82) is 0 Å². The fourth-order valence-electron chi connectivity index (χ4n) is 3.37. The highest BCUT2D eigenvalue weighted by Crippen LogP contribution is 2.28. The molecule has 0 bridgehead atoms. The first-order valence-corrected chi connectivity index (χ1v) is 11.4. The maximum absolute atomic E-state index is 12.6. The van der Waals surface area contributed by atoms with E-state index in [1.807, 2.05) is 4.90 Å². The molecule has 0 aromatic carbocycles. The average molecular weight is 407 g/mol. The van der Waals surface area contributed by atoms with Gasteiger partial charge in [0, 0.05) is 13.1 Å². The van der Waals surface area contributed by atoms with Crippen LogP contribution in [0.15, 0.2) is 16.3 Å². The summed E-state index contributed by atoms with van der Waals surface area (Å²) in [6, 6.07) is 3.17. The lowest BCUT2D eigenvalue weighted by molar-refractivity contribution is -0.896. The van der Waals surface area contributed by atoms with E-state index in [0.29, 0.717) is 47.2 Å². The Bertz CT molecular complexity index is 706. The van der Waals surface area contributed by atoms with Crippen LogP contribution in [0, 0.1) is 5.92 Å². The Morgan fingerprint density at radius 1 is 1.24 bits per heavy atom. The molecular formula is C16H25ClN3O3S2+. The monoisotopic (exact) mass is 406 g/mol. The van der Waals surface area contributed by atoms with E-state index >= 15 is 0 Å². The largest absolute Gasteiger partial charge is 0.338 e. The molecule has 2 aliphatic rings. The minimum atomic E-state index is -3.46. The third-order valence-corrected chi connectivity index (χ3v) is 8.71. The number of piperidine rings is 1. The predicted molar refractivity (Wildman–Crippen MR) is 98.6 cm³/mol. The van der Waals surface area contributed by atoms with Crippen LogP contribution in [0.25, 0.3) is 0 Å². The third-order valence-electron chi connectivity index (χ3n) is 5.11. The standard InChI is InChI=1S/C16H24ClN3O3S2/c1-13-4-6-19(7-5-13)15(21)12-18-8-10-20(11-9-18)25(22,23)16-3-2-14(17)24-16/h2-3,13H,4-12H2,1H3/p+1. The van der Waals surface area contributed by atoms with E-state index in [-0.39, 0.29) is 5.91 Å². The van der Waals surface area contributed by atoms with Crippen LogP contribution in [-0.4, -0.2) is 69.3 Å². The molecule has 1 aromatic rings. The van der Waals surface area contributed by atoms with Crippen LogP contribution in [0.5, 0.6) is 0 Å². The number of quaternary nitrogens is 1. The maximum atomic E-state index is 12.6. The van der Waals surface area contributed by atoms with Crippen molar-refractivity contribution in [3.05, 3.63) is 16.5 Å². The van der Waals surface area contributed by atoms with E-state index in [0.717, 1.165) is 37.3 Å². The Hall–Kier alpha value is -0.670. The topological polar surface area (TPSA) is 62.1 Å². The summed E-state index contributed by atoms with van der Waals surface area (Å²) in [4.78, 5) is 15.6. The smallest absolute Gasteiger partial charge is 0.277 e. The summed E-state index contributed by atoms with van der Waals surface area (Å²) in [6.07, 6.45) is 2.16. The van der Waals surface area contributed by atoms with Crippen molar-refractivity contribution in [3.8, 4) is 0 Å². The quantitative estimate of drug-likeness (QED) is 0.794. The zero-order valence-corrected chi connectivity index (χ0v) is 16.8. The molecule has 0 radical (unpaired) electrons. The van der Waals surface area contributed by atoms with Crippen molar-refractivity contribution in [3.63, 3.8) is 0 Å². The molecule has 0 aliphatic carbocycles. The molecule has 3 rings (SSSR count). The molecule has 1 N–H and O–H groups in total. The van der Waals surface area contributed by atoms with E-state index in [4.69, 9.17) is 11.6 Å². The zero-order valence-electron chi connectivity index (χ0n) is 14.4. The highest BCUT2D eigenvalue weighted by Gasteiger charge is 2.33. The molecule has 0 atom stereocenters. The fourth-order valence-corrected chi connectivity index (χ4v) is 6.45. The van der Waals surface area contributed by atoms with E-state index in [1.54, 1.807) is 12.1 Å². The van der Waals surface area contributed by atoms with Gasteiger partial charge < -0.3 is 9.80 Å².